The third kappa shape index (κ3) is 1.32. The van der Waals surface area contributed by atoms with E-state index < -0.39 is 0 Å². The van der Waals surface area contributed by atoms with Crippen LogP contribution in [0.1, 0.15) is 20.3 Å². The van der Waals surface area contributed by atoms with Gasteiger partial charge >= 0.3 is 0 Å². The van der Waals surface area contributed by atoms with Crippen LogP contribution in [-0.4, -0.2) is 0 Å². The molecule has 0 saturated heterocycles. The van der Waals surface area contributed by atoms with Crippen molar-refractivity contribution in [3.63, 3.8) is 0 Å². The van der Waals surface area contributed by atoms with E-state index in [1.54, 1.807) is 0 Å². The molecule has 0 saturated carbocycles. The molecule has 0 aromatic rings. The standard InChI is InChI=1S/C9H12/c1-3-8(2)9-6-4-5-7-9/h3-6H,7H2,1-2H3/b8-3+. The summed E-state index contributed by atoms with van der Waals surface area (Å²) in [5, 5.41) is 0. The Morgan fingerprint density at radius 2 is 2.44 bits per heavy atom. The van der Waals surface area contributed by atoms with Gasteiger partial charge in [0.05, 0.1) is 0 Å². The minimum atomic E-state index is 1.12. The fourth-order valence-electron chi connectivity index (χ4n) is 0.925. The summed E-state index contributed by atoms with van der Waals surface area (Å²) >= 11 is 0. The van der Waals surface area contributed by atoms with Gasteiger partial charge in [-0.1, -0.05) is 29.9 Å². The van der Waals surface area contributed by atoms with E-state index in [4.69, 9.17) is 0 Å². The average molecular weight is 120 g/mol. The van der Waals surface area contributed by atoms with Crippen molar-refractivity contribution in [3.8, 4) is 0 Å². The Morgan fingerprint density at radius 3 is 2.89 bits per heavy atom. The summed E-state index contributed by atoms with van der Waals surface area (Å²) in [6.45, 7) is 4.23. The second-order valence-corrected chi connectivity index (χ2v) is 2.30. The summed E-state index contributed by atoms with van der Waals surface area (Å²) in [5.41, 5.74) is 2.86. The number of hydrogen-bond donors (Lipinski definition) is 0. The maximum absolute atomic E-state index is 2.18. The largest absolute Gasteiger partial charge is 0.0844 e. The molecule has 0 aromatic carbocycles. The van der Waals surface area contributed by atoms with E-state index in [0.717, 1.165) is 6.42 Å². The van der Waals surface area contributed by atoms with Gasteiger partial charge in [-0.15, -0.1) is 0 Å². The molecular weight excluding hydrogens is 108 g/mol. The molecule has 1 aliphatic rings. The minimum Gasteiger partial charge on any atom is -0.0844 e. The van der Waals surface area contributed by atoms with E-state index in [9.17, 15) is 0 Å². The van der Waals surface area contributed by atoms with Gasteiger partial charge in [0.15, 0.2) is 0 Å². The Morgan fingerprint density at radius 1 is 1.67 bits per heavy atom. The lowest BCUT2D eigenvalue weighted by molar-refractivity contribution is 1.23. The Bertz CT molecular complexity index is 180. The third-order valence-electron chi connectivity index (χ3n) is 1.71. The smallest absolute Gasteiger partial charge is 0.00918 e. The first-order valence-electron chi connectivity index (χ1n) is 3.33. The Labute approximate surface area is 56.6 Å². The van der Waals surface area contributed by atoms with Gasteiger partial charge in [0.25, 0.3) is 0 Å². The molecule has 0 aromatic heterocycles. The van der Waals surface area contributed by atoms with E-state index in [1.807, 2.05) is 0 Å². The van der Waals surface area contributed by atoms with Gasteiger partial charge in [-0.05, 0) is 25.8 Å². The number of allylic oxidation sites excluding steroid dienone is 6. The SMILES string of the molecule is C/C=C(\C)C1=CC=CC1. The fraction of sp³-hybridized carbons (Fsp3) is 0.333. The van der Waals surface area contributed by atoms with Crippen LogP contribution >= 0.6 is 0 Å². The molecule has 0 amide bonds. The highest BCUT2D eigenvalue weighted by atomic mass is 14.0. The van der Waals surface area contributed by atoms with Crippen LogP contribution < -0.4 is 0 Å². The molecule has 0 spiro atoms. The average Bonchev–Trinajstić information content (AvgIpc) is 2.37. The molecule has 1 rings (SSSR count). The summed E-state index contributed by atoms with van der Waals surface area (Å²) in [6.07, 6.45) is 9.75. The lowest BCUT2D eigenvalue weighted by Crippen LogP contribution is -1.77. The van der Waals surface area contributed by atoms with E-state index in [1.165, 1.54) is 11.1 Å². The summed E-state index contributed by atoms with van der Waals surface area (Å²) < 4.78 is 0. The summed E-state index contributed by atoms with van der Waals surface area (Å²) in [7, 11) is 0. The van der Waals surface area contributed by atoms with Gasteiger partial charge in [-0.25, -0.2) is 0 Å². The first-order chi connectivity index (χ1) is 4.34. The van der Waals surface area contributed by atoms with Crippen molar-refractivity contribution in [1.82, 2.24) is 0 Å². The van der Waals surface area contributed by atoms with Gasteiger partial charge in [0, 0.05) is 0 Å². The second kappa shape index (κ2) is 2.67. The van der Waals surface area contributed by atoms with Gasteiger partial charge in [-0.2, -0.15) is 0 Å². The highest BCUT2D eigenvalue weighted by Gasteiger charge is 1.98. The second-order valence-electron chi connectivity index (χ2n) is 2.30. The zero-order chi connectivity index (χ0) is 6.69. The predicted molar refractivity (Wildman–Crippen MR) is 41.3 cm³/mol. The molecule has 0 heterocycles. The van der Waals surface area contributed by atoms with Crippen LogP contribution in [0.4, 0.5) is 0 Å². The number of hydrogen-bond acceptors (Lipinski definition) is 0. The quantitative estimate of drug-likeness (QED) is 0.499. The molecule has 0 bridgehead atoms. The minimum absolute atomic E-state index is 1.12. The monoisotopic (exact) mass is 120 g/mol. The molecule has 48 valence electrons. The van der Waals surface area contributed by atoms with E-state index in [-0.39, 0.29) is 0 Å². The highest BCUT2D eigenvalue weighted by molar-refractivity contribution is 5.37. The molecule has 0 atom stereocenters. The van der Waals surface area contributed by atoms with Crippen LogP contribution in [0.3, 0.4) is 0 Å². The summed E-state index contributed by atoms with van der Waals surface area (Å²) in [5.74, 6) is 0. The van der Waals surface area contributed by atoms with Crippen LogP contribution in [0.2, 0.25) is 0 Å². The zero-order valence-electron chi connectivity index (χ0n) is 6.02. The van der Waals surface area contributed by atoms with Crippen molar-refractivity contribution in [2.24, 2.45) is 0 Å². The summed E-state index contributed by atoms with van der Waals surface area (Å²) in [6, 6.07) is 0. The van der Waals surface area contributed by atoms with Gasteiger partial charge < -0.3 is 0 Å². The predicted octanol–water partition coefficient (Wildman–Crippen LogP) is 2.84. The van der Waals surface area contributed by atoms with Crippen molar-refractivity contribution >= 4 is 0 Å². The van der Waals surface area contributed by atoms with Crippen molar-refractivity contribution < 1.29 is 0 Å². The van der Waals surface area contributed by atoms with Crippen LogP contribution in [-0.2, 0) is 0 Å². The lowest BCUT2D eigenvalue weighted by Gasteiger charge is -1.97. The molecule has 0 radical (unpaired) electrons. The summed E-state index contributed by atoms with van der Waals surface area (Å²) in [4.78, 5) is 0. The third-order valence-corrected chi connectivity index (χ3v) is 1.71. The molecular formula is C9H12. The van der Waals surface area contributed by atoms with Crippen LogP contribution in [0, 0.1) is 0 Å². The van der Waals surface area contributed by atoms with Crippen molar-refractivity contribution in [3.05, 3.63) is 35.5 Å². The fourth-order valence-corrected chi connectivity index (χ4v) is 0.925. The molecule has 9 heavy (non-hydrogen) atoms. The van der Waals surface area contributed by atoms with Gasteiger partial charge in [0.2, 0.25) is 0 Å². The molecule has 0 heteroatoms. The van der Waals surface area contributed by atoms with Crippen LogP contribution in [0.5, 0.6) is 0 Å². The Balaban J connectivity index is 2.66. The van der Waals surface area contributed by atoms with Crippen molar-refractivity contribution in [1.29, 1.82) is 0 Å². The van der Waals surface area contributed by atoms with Crippen molar-refractivity contribution in [2.75, 3.05) is 0 Å². The molecule has 0 unspecified atom stereocenters. The molecule has 0 N–H and O–H groups in total. The molecule has 1 aliphatic carbocycles. The number of rotatable bonds is 1. The lowest BCUT2D eigenvalue weighted by atomic mass is 10.1. The van der Waals surface area contributed by atoms with Crippen LogP contribution in [0.15, 0.2) is 35.5 Å². The molecule has 0 nitrogen and oxygen atoms in total. The van der Waals surface area contributed by atoms with E-state index >= 15 is 0 Å². The Hall–Kier alpha value is -0.780. The van der Waals surface area contributed by atoms with E-state index in [2.05, 4.69) is 38.2 Å². The maximum atomic E-state index is 2.18. The van der Waals surface area contributed by atoms with Gasteiger partial charge in [-0.3, -0.25) is 0 Å². The van der Waals surface area contributed by atoms with Crippen molar-refractivity contribution in [2.45, 2.75) is 20.3 Å². The first kappa shape index (κ1) is 6.34. The van der Waals surface area contributed by atoms with E-state index in [0.29, 0.717) is 0 Å². The van der Waals surface area contributed by atoms with Crippen LogP contribution in [0.25, 0.3) is 0 Å². The normalized spacial score (nSPS) is 18.4. The van der Waals surface area contributed by atoms with Gasteiger partial charge in [0.1, 0.15) is 0 Å². The molecule has 0 aliphatic heterocycles. The maximum Gasteiger partial charge on any atom is -0.00918 e. The Kier molecular flexibility index (Phi) is 1.88. The highest BCUT2D eigenvalue weighted by Crippen LogP contribution is 2.18. The molecule has 0 fully saturated rings. The topological polar surface area (TPSA) is 0 Å². The zero-order valence-corrected chi connectivity index (χ0v) is 6.02. The first-order valence-corrected chi connectivity index (χ1v) is 3.33.